The van der Waals surface area contributed by atoms with Crippen LogP contribution in [0.4, 0.5) is 0 Å². The second-order valence-electron chi connectivity index (χ2n) is 4.42. The van der Waals surface area contributed by atoms with Gasteiger partial charge in [-0.15, -0.1) is 11.3 Å². The maximum absolute atomic E-state index is 11.6. The number of nitrogens with one attached hydrogen (secondary N) is 2. The van der Waals surface area contributed by atoms with Crippen LogP contribution in [0.3, 0.4) is 0 Å². The van der Waals surface area contributed by atoms with Gasteiger partial charge >= 0.3 is 0 Å². The Hall–Kier alpha value is -1.62. The molecule has 0 unspecified atom stereocenters. The molecular weight excluding hydrogens is 258 g/mol. The third kappa shape index (κ3) is 5.26. The number of imidazole rings is 1. The molecule has 0 aromatic carbocycles. The predicted octanol–water partition coefficient (Wildman–Crippen LogP) is 2.54. The van der Waals surface area contributed by atoms with Gasteiger partial charge in [-0.05, 0) is 30.7 Å². The van der Waals surface area contributed by atoms with Gasteiger partial charge in [-0.2, -0.15) is 0 Å². The Morgan fingerprint density at radius 2 is 2.32 bits per heavy atom. The summed E-state index contributed by atoms with van der Waals surface area (Å²) in [7, 11) is 0. The van der Waals surface area contributed by atoms with E-state index in [1.54, 1.807) is 17.5 Å². The Labute approximate surface area is 117 Å². The van der Waals surface area contributed by atoms with E-state index in [0.717, 1.165) is 38.1 Å². The molecule has 102 valence electrons. The van der Waals surface area contributed by atoms with E-state index in [2.05, 4.69) is 32.8 Å². The molecule has 2 aromatic rings. The summed E-state index contributed by atoms with van der Waals surface area (Å²) in [6.07, 6.45) is 7.89. The van der Waals surface area contributed by atoms with Crippen molar-refractivity contribution in [3.05, 3.63) is 40.6 Å². The third-order valence-corrected chi connectivity index (χ3v) is 3.81. The molecule has 2 N–H and O–H groups in total. The average Bonchev–Trinajstić information content (AvgIpc) is 3.07. The Balaban J connectivity index is 1.50. The van der Waals surface area contributed by atoms with Gasteiger partial charge in [0.1, 0.15) is 5.82 Å². The Morgan fingerprint density at radius 1 is 1.37 bits per heavy atom. The monoisotopic (exact) mass is 277 g/mol. The van der Waals surface area contributed by atoms with Gasteiger partial charge in [0.2, 0.25) is 5.91 Å². The van der Waals surface area contributed by atoms with Gasteiger partial charge in [-0.25, -0.2) is 4.98 Å². The topological polar surface area (TPSA) is 57.8 Å². The number of carbonyl (C=O) groups is 1. The van der Waals surface area contributed by atoms with Crippen molar-refractivity contribution in [1.82, 2.24) is 15.3 Å². The normalized spacial score (nSPS) is 10.5. The molecule has 0 aliphatic rings. The fraction of sp³-hybridized carbons (Fsp3) is 0.429. The molecule has 4 nitrogen and oxygen atoms in total. The zero-order valence-corrected chi connectivity index (χ0v) is 11.7. The largest absolute Gasteiger partial charge is 0.356 e. The van der Waals surface area contributed by atoms with E-state index in [-0.39, 0.29) is 5.91 Å². The number of carbonyl (C=O) groups excluding carboxylic acids is 1. The average molecular weight is 277 g/mol. The molecule has 1 amide bonds. The van der Waals surface area contributed by atoms with Crippen molar-refractivity contribution >= 4 is 17.2 Å². The van der Waals surface area contributed by atoms with Crippen LogP contribution in [-0.2, 0) is 17.6 Å². The molecular formula is C14H19N3OS. The van der Waals surface area contributed by atoms with E-state index in [1.165, 1.54) is 4.88 Å². The summed E-state index contributed by atoms with van der Waals surface area (Å²) in [4.78, 5) is 20.2. The first-order chi connectivity index (χ1) is 9.34. The van der Waals surface area contributed by atoms with Gasteiger partial charge < -0.3 is 10.3 Å². The molecule has 0 aliphatic heterocycles. The fourth-order valence-electron chi connectivity index (χ4n) is 1.88. The van der Waals surface area contributed by atoms with Crippen LogP contribution < -0.4 is 5.32 Å². The van der Waals surface area contributed by atoms with Crippen LogP contribution in [0.25, 0.3) is 0 Å². The minimum Gasteiger partial charge on any atom is -0.356 e. The van der Waals surface area contributed by atoms with Crippen LogP contribution in [0.1, 0.15) is 30.0 Å². The zero-order valence-electron chi connectivity index (χ0n) is 10.9. The Bertz CT molecular complexity index is 465. The summed E-state index contributed by atoms with van der Waals surface area (Å²) in [6, 6.07) is 4.17. The highest BCUT2D eigenvalue weighted by atomic mass is 32.1. The van der Waals surface area contributed by atoms with Crippen LogP contribution in [0, 0.1) is 0 Å². The standard InChI is InChI=1S/C14H19N3OS/c18-14(7-1-4-12-5-3-11-19-12)17-8-2-6-13-15-9-10-16-13/h3,5,9-11H,1-2,4,6-8H2,(H,15,16)(H,17,18). The third-order valence-electron chi connectivity index (χ3n) is 2.87. The zero-order chi connectivity index (χ0) is 13.3. The molecule has 0 saturated heterocycles. The van der Waals surface area contributed by atoms with Crippen LogP contribution in [0.2, 0.25) is 0 Å². The molecule has 0 spiro atoms. The smallest absolute Gasteiger partial charge is 0.220 e. The maximum Gasteiger partial charge on any atom is 0.220 e. The number of amides is 1. The SMILES string of the molecule is O=C(CCCc1cccs1)NCCCc1ncc[nH]1. The highest BCUT2D eigenvalue weighted by Gasteiger charge is 2.02. The van der Waals surface area contributed by atoms with Crippen LogP contribution in [0.5, 0.6) is 0 Å². The van der Waals surface area contributed by atoms with Crippen LogP contribution in [-0.4, -0.2) is 22.4 Å². The number of thiophene rings is 1. The van der Waals surface area contributed by atoms with Gasteiger partial charge in [0.25, 0.3) is 0 Å². The highest BCUT2D eigenvalue weighted by molar-refractivity contribution is 7.09. The van der Waals surface area contributed by atoms with E-state index in [4.69, 9.17) is 0 Å². The number of hydrogen-bond acceptors (Lipinski definition) is 3. The lowest BCUT2D eigenvalue weighted by Crippen LogP contribution is -2.24. The highest BCUT2D eigenvalue weighted by Crippen LogP contribution is 2.11. The van der Waals surface area contributed by atoms with Crippen LogP contribution >= 0.6 is 11.3 Å². The maximum atomic E-state index is 11.6. The van der Waals surface area contributed by atoms with Crippen molar-refractivity contribution in [2.75, 3.05) is 6.54 Å². The number of aromatic amines is 1. The summed E-state index contributed by atoms with van der Waals surface area (Å²) < 4.78 is 0. The predicted molar refractivity (Wildman–Crippen MR) is 77.2 cm³/mol. The minimum absolute atomic E-state index is 0.149. The van der Waals surface area contributed by atoms with Crippen LogP contribution in [0.15, 0.2) is 29.9 Å². The van der Waals surface area contributed by atoms with Gasteiger partial charge in [-0.1, -0.05) is 6.07 Å². The molecule has 0 radical (unpaired) electrons. The summed E-state index contributed by atoms with van der Waals surface area (Å²) in [5.74, 6) is 1.13. The molecule has 0 bridgehead atoms. The Kier molecular flexibility index (Phi) is 5.62. The van der Waals surface area contributed by atoms with Crippen molar-refractivity contribution in [1.29, 1.82) is 0 Å². The first-order valence-corrected chi connectivity index (χ1v) is 7.50. The molecule has 2 aromatic heterocycles. The van der Waals surface area contributed by atoms with Gasteiger partial charge in [0, 0.05) is 36.7 Å². The summed E-state index contributed by atoms with van der Waals surface area (Å²) >= 11 is 1.75. The fourth-order valence-corrected chi connectivity index (χ4v) is 2.64. The van der Waals surface area contributed by atoms with E-state index in [1.807, 2.05) is 6.20 Å². The molecule has 0 saturated carbocycles. The van der Waals surface area contributed by atoms with E-state index >= 15 is 0 Å². The molecule has 2 heterocycles. The van der Waals surface area contributed by atoms with E-state index < -0.39 is 0 Å². The second-order valence-corrected chi connectivity index (χ2v) is 5.45. The molecule has 0 fully saturated rings. The van der Waals surface area contributed by atoms with Crippen molar-refractivity contribution in [2.45, 2.75) is 32.1 Å². The quantitative estimate of drug-likeness (QED) is 0.729. The lowest BCUT2D eigenvalue weighted by Gasteiger charge is -2.04. The lowest BCUT2D eigenvalue weighted by atomic mass is 10.2. The molecule has 0 aliphatic carbocycles. The van der Waals surface area contributed by atoms with Gasteiger partial charge in [0.15, 0.2) is 0 Å². The second kappa shape index (κ2) is 7.74. The number of hydrogen-bond donors (Lipinski definition) is 2. The van der Waals surface area contributed by atoms with Gasteiger partial charge in [0.05, 0.1) is 0 Å². The van der Waals surface area contributed by atoms with Crippen molar-refractivity contribution < 1.29 is 4.79 Å². The Morgan fingerprint density at radius 3 is 3.05 bits per heavy atom. The van der Waals surface area contributed by atoms with Crippen molar-refractivity contribution in [2.24, 2.45) is 0 Å². The first kappa shape index (κ1) is 13.8. The lowest BCUT2D eigenvalue weighted by molar-refractivity contribution is -0.121. The minimum atomic E-state index is 0.149. The van der Waals surface area contributed by atoms with Gasteiger partial charge in [-0.3, -0.25) is 4.79 Å². The summed E-state index contributed by atoms with van der Waals surface area (Å²) in [5, 5.41) is 5.02. The molecule has 5 heteroatoms. The van der Waals surface area contributed by atoms with E-state index in [9.17, 15) is 4.79 Å². The number of aryl methyl sites for hydroxylation is 2. The molecule has 19 heavy (non-hydrogen) atoms. The molecule has 2 rings (SSSR count). The molecule has 0 atom stereocenters. The summed E-state index contributed by atoms with van der Waals surface area (Å²) in [6.45, 7) is 0.721. The summed E-state index contributed by atoms with van der Waals surface area (Å²) in [5.41, 5.74) is 0. The first-order valence-electron chi connectivity index (χ1n) is 6.62. The number of rotatable bonds is 8. The van der Waals surface area contributed by atoms with Crippen molar-refractivity contribution in [3.8, 4) is 0 Å². The number of nitrogens with zero attached hydrogens (tertiary/aromatic N) is 1. The number of H-pyrrole nitrogens is 1. The van der Waals surface area contributed by atoms with Crippen molar-refractivity contribution in [3.63, 3.8) is 0 Å². The number of aromatic nitrogens is 2. The van der Waals surface area contributed by atoms with E-state index in [0.29, 0.717) is 6.42 Å².